The predicted octanol–water partition coefficient (Wildman–Crippen LogP) is 3.09. The molecule has 108 valence electrons. The van der Waals surface area contributed by atoms with Crippen LogP contribution in [0.2, 0.25) is 0 Å². The number of rotatable bonds is 6. The van der Waals surface area contributed by atoms with E-state index in [1.54, 1.807) is 17.3 Å². The van der Waals surface area contributed by atoms with E-state index in [0.29, 0.717) is 6.54 Å². The first kappa shape index (κ1) is 13.4. The summed E-state index contributed by atoms with van der Waals surface area (Å²) < 4.78 is 7.47. The summed E-state index contributed by atoms with van der Waals surface area (Å²) >= 11 is 0. The molecule has 0 amide bonds. The Labute approximate surface area is 123 Å². The average Bonchev–Trinajstić information content (AvgIpc) is 3.18. The van der Waals surface area contributed by atoms with Crippen LogP contribution in [0.1, 0.15) is 24.0 Å². The second-order valence-corrected chi connectivity index (χ2v) is 4.87. The van der Waals surface area contributed by atoms with Crippen LogP contribution in [0.4, 0.5) is 5.69 Å². The van der Waals surface area contributed by atoms with Gasteiger partial charge in [-0.25, -0.2) is 9.67 Å². The number of aryl methyl sites for hydroxylation is 1. The average molecular weight is 282 g/mol. The minimum Gasteiger partial charge on any atom is -0.464 e. The fourth-order valence-electron chi connectivity index (χ4n) is 2.13. The highest BCUT2D eigenvalue weighted by molar-refractivity contribution is 5.44. The molecule has 1 aromatic carbocycles. The molecule has 0 unspecified atom stereocenters. The number of hydrogen-bond acceptors (Lipinski definition) is 4. The van der Waals surface area contributed by atoms with E-state index in [1.165, 1.54) is 5.56 Å². The van der Waals surface area contributed by atoms with Gasteiger partial charge in [0.2, 0.25) is 0 Å². The van der Waals surface area contributed by atoms with Crippen LogP contribution in [0.25, 0.3) is 0 Å². The van der Waals surface area contributed by atoms with E-state index in [4.69, 9.17) is 4.42 Å². The zero-order valence-electron chi connectivity index (χ0n) is 12.0. The zero-order valence-corrected chi connectivity index (χ0v) is 12.0. The first-order valence-corrected chi connectivity index (χ1v) is 7.06. The third kappa shape index (κ3) is 3.51. The molecule has 0 spiro atoms. The predicted molar refractivity (Wildman–Crippen MR) is 81.0 cm³/mol. The Morgan fingerprint density at radius 1 is 1.10 bits per heavy atom. The van der Waals surface area contributed by atoms with Crippen LogP contribution in [0.3, 0.4) is 0 Å². The van der Waals surface area contributed by atoms with E-state index < -0.39 is 0 Å². The Balaban J connectivity index is 1.56. The van der Waals surface area contributed by atoms with Crippen molar-refractivity contribution in [3.05, 3.63) is 66.1 Å². The standard InChI is InChI=1S/C16H18N4O/c1-2-15-7-8-16(21-15)9-18-14-5-3-13(4-6-14)10-20-12-17-11-19-20/h3-8,11-12,18H,2,9-10H2,1H3. The van der Waals surface area contributed by atoms with Crippen LogP contribution in [-0.2, 0) is 19.5 Å². The summed E-state index contributed by atoms with van der Waals surface area (Å²) in [6.07, 6.45) is 4.19. The van der Waals surface area contributed by atoms with Gasteiger partial charge in [0.05, 0.1) is 13.1 Å². The van der Waals surface area contributed by atoms with Crippen LogP contribution in [0.15, 0.2) is 53.5 Å². The summed E-state index contributed by atoms with van der Waals surface area (Å²) in [6.45, 7) is 3.52. The molecule has 1 N–H and O–H groups in total. The van der Waals surface area contributed by atoms with Gasteiger partial charge in [-0.3, -0.25) is 0 Å². The molecule has 0 radical (unpaired) electrons. The van der Waals surface area contributed by atoms with Crippen molar-refractivity contribution in [2.45, 2.75) is 26.4 Å². The van der Waals surface area contributed by atoms with Crippen molar-refractivity contribution in [2.75, 3.05) is 5.32 Å². The lowest BCUT2D eigenvalue weighted by Crippen LogP contribution is -2.01. The van der Waals surface area contributed by atoms with Crippen LogP contribution in [0, 0.1) is 0 Å². The number of nitrogens with zero attached hydrogens (tertiary/aromatic N) is 3. The van der Waals surface area contributed by atoms with Gasteiger partial charge in [-0.1, -0.05) is 19.1 Å². The van der Waals surface area contributed by atoms with E-state index >= 15 is 0 Å². The first-order chi connectivity index (χ1) is 10.3. The van der Waals surface area contributed by atoms with Crippen molar-refractivity contribution in [1.82, 2.24) is 14.8 Å². The lowest BCUT2D eigenvalue weighted by atomic mass is 10.2. The SMILES string of the molecule is CCc1ccc(CNc2ccc(Cn3cncn3)cc2)o1. The number of nitrogens with one attached hydrogen (secondary N) is 1. The molecular weight excluding hydrogens is 264 g/mol. The smallest absolute Gasteiger partial charge is 0.137 e. The molecule has 3 rings (SSSR count). The summed E-state index contributed by atoms with van der Waals surface area (Å²) in [7, 11) is 0. The highest BCUT2D eigenvalue weighted by Gasteiger charge is 2.01. The van der Waals surface area contributed by atoms with Crippen molar-refractivity contribution in [3.63, 3.8) is 0 Å². The minimum absolute atomic E-state index is 0.697. The van der Waals surface area contributed by atoms with E-state index in [0.717, 1.165) is 30.2 Å². The number of benzene rings is 1. The van der Waals surface area contributed by atoms with Crippen LogP contribution >= 0.6 is 0 Å². The number of anilines is 1. The summed E-state index contributed by atoms with van der Waals surface area (Å²) in [5, 5.41) is 7.45. The molecule has 0 aliphatic rings. The van der Waals surface area contributed by atoms with E-state index in [-0.39, 0.29) is 0 Å². The van der Waals surface area contributed by atoms with Crippen molar-refractivity contribution in [2.24, 2.45) is 0 Å². The maximum absolute atomic E-state index is 5.67. The molecule has 21 heavy (non-hydrogen) atoms. The topological polar surface area (TPSA) is 55.9 Å². The quantitative estimate of drug-likeness (QED) is 0.755. The second-order valence-electron chi connectivity index (χ2n) is 4.87. The molecule has 2 aromatic heterocycles. The van der Waals surface area contributed by atoms with Crippen LogP contribution < -0.4 is 5.32 Å². The van der Waals surface area contributed by atoms with E-state index in [9.17, 15) is 0 Å². The normalized spacial score (nSPS) is 10.7. The lowest BCUT2D eigenvalue weighted by molar-refractivity contribution is 0.476. The van der Waals surface area contributed by atoms with Gasteiger partial charge >= 0.3 is 0 Å². The maximum atomic E-state index is 5.67. The van der Waals surface area contributed by atoms with Gasteiger partial charge in [0, 0.05) is 12.1 Å². The summed E-state index contributed by atoms with van der Waals surface area (Å²) in [4.78, 5) is 3.94. The number of furan rings is 1. The lowest BCUT2D eigenvalue weighted by Gasteiger charge is -2.06. The van der Waals surface area contributed by atoms with Crippen molar-refractivity contribution >= 4 is 5.69 Å². The van der Waals surface area contributed by atoms with Gasteiger partial charge in [0.25, 0.3) is 0 Å². The maximum Gasteiger partial charge on any atom is 0.137 e. The molecule has 0 aliphatic carbocycles. The molecule has 0 bridgehead atoms. The molecule has 0 aliphatic heterocycles. The number of hydrogen-bond donors (Lipinski definition) is 1. The number of aromatic nitrogens is 3. The van der Waals surface area contributed by atoms with Crippen molar-refractivity contribution in [1.29, 1.82) is 0 Å². The summed E-state index contributed by atoms with van der Waals surface area (Å²) in [6, 6.07) is 12.3. The van der Waals surface area contributed by atoms with Gasteiger partial charge < -0.3 is 9.73 Å². The molecule has 0 saturated heterocycles. The van der Waals surface area contributed by atoms with E-state index in [1.807, 2.05) is 12.1 Å². The van der Waals surface area contributed by atoms with Gasteiger partial charge in [-0.15, -0.1) is 0 Å². The molecule has 3 aromatic rings. The van der Waals surface area contributed by atoms with Crippen molar-refractivity contribution in [3.8, 4) is 0 Å². The van der Waals surface area contributed by atoms with Gasteiger partial charge in [-0.05, 0) is 29.8 Å². The Bertz CT molecular complexity index is 671. The second kappa shape index (κ2) is 6.26. The fraction of sp³-hybridized carbons (Fsp3) is 0.250. The molecular formula is C16H18N4O. The third-order valence-electron chi connectivity index (χ3n) is 3.30. The molecule has 0 saturated carbocycles. The monoisotopic (exact) mass is 282 g/mol. The van der Waals surface area contributed by atoms with Crippen LogP contribution in [-0.4, -0.2) is 14.8 Å². The highest BCUT2D eigenvalue weighted by atomic mass is 16.3. The van der Waals surface area contributed by atoms with Gasteiger partial charge in [0.15, 0.2) is 0 Å². The van der Waals surface area contributed by atoms with E-state index in [2.05, 4.69) is 46.6 Å². The Kier molecular flexibility index (Phi) is 4.00. The summed E-state index contributed by atoms with van der Waals surface area (Å²) in [5.74, 6) is 1.98. The Hall–Kier alpha value is -2.56. The third-order valence-corrected chi connectivity index (χ3v) is 3.30. The van der Waals surface area contributed by atoms with Gasteiger partial charge in [-0.2, -0.15) is 5.10 Å². The molecule has 5 nitrogen and oxygen atoms in total. The van der Waals surface area contributed by atoms with Crippen molar-refractivity contribution < 1.29 is 4.42 Å². The summed E-state index contributed by atoms with van der Waals surface area (Å²) in [5.41, 5.74) is 2.27. The highest BCUT2D eigenvalue weighted by Crippen LogP contribution is 2.14. The zero-order chi connectivity index (χ0) is 14.5. The minimum atomic E-state index is 0.697. The largest absolute Gasteiger partial charge is 0.464 e. The van der Waals surface area contributed by atoms with Gasteiger partial charge in [0.1, 0.15) is 24.2 Å². The Morgan fingerprint density at radius 2 is 1.90 bits per heavy atom. The van der Waals surface area contributed by atoms with Crippen LogP contribution in [0.5, 0.6) is 0 Å². The molecule has 0 fully saturated rings. The first-order valence-electron chi connectivity index (χ1n) is 7.06. The molecule has 5 heteroatoms. The molecule has 2 heterocycles. The Morgan fingerprint density at radius 3 is 2.57 bits per heavy atom. The fourth-order valence-corrected chi connectivity index (χ4v) is 2.13. The molecule has 0 atom stereocenters.